The zero-order valence-corrected chi connectivity index (χ0v) is 13.0. The van der Waals surface area contributed by atoms with Gasteiger partial charge in [-0.3, -0.25) is 4.79 Å². The lowest BCUT2D eigenvalue weighted by molar-refractivity contribution is -0.127. The lowest BCUT2D eigenvalue weighted by Gasteiger charge is -2.32. The van der Waals surface area contributed by atoms with Crippen molar-refractivity contribution in [2.75, 3.05) is 19.9 Å². The Balaban J connectivity index is 0.00000161. The molecular weight excluding hydrogens is 292 g/mol. The van der Waals surface area contributed by atoms with Crippen LogP contribution in [0.4, 0.5) is 0 Å². The van der Waals surface area contributed by atoms with Gasteiger partial charge in [0.05, 0.1) is 6.04 Å². The zero-order chi connectivity index (χ0) is 14.1. The molecule has 0 saturated carbocycles. The molecule has 1 aromatic rings. The van der Waals surface area contributed by atoms with Crippen molar-refractivity contribution in [3.05, 3.63) is 23.8 Å². The van der Waals surface area contributed by atoms with Crippen LogP contribution in [0.25, 0.3) is 0 Å². The van der Waals surface area contributed by atoms with Gasteiger partial charge >= 0.3 is 0 Å². The highest BCUT2D eigenvalue weighted by atomic mass is 35.5. The van der Waals surface area contributed by atoms with Crippen LogP contribution in [0.2, 0.25) is 0 Å². The third-order valence-electron chi connectivity index (χ3n) is 4.19. The van der Waals surface area contributed by atoms with E-state index in [1.807, 2.05) is 32.0 Å². The Bertz CT molecular complexity index is 520. The van der Waals surface area contributed by atoms with Crippen LogP contribution in [-0.4, -0.2) is 25.8 Å². The molecule has 6 heteroatoms. The maximum absolute atomic E-state index is 12.2. The van der Waals surface area contributed by atoms with E-state index < -0.39 is 0 Å². The first-order chi connectivity index (χ1) is 9.65. The first-order valence-corrected chi connectivity index (χ1v) is 7.06. The first-order valence-electron chi connectivity index (χ1n) is 7.06. The minimum Gasteiger partial charge on any atom is -0.454 e. The fourth-order valence-corrected chi connectivity index (χ4v) is 2.49. The lowest BCUT2D eigenvalue weighted by atomic mass is 9.88. The number of nitrogens with one attached hydrogen (secondary N) is 2. The number of hydrogen-bond acceptors (Lipinski definition) is 4. The summed E-state index contributed by atoms with van der Waals surface area (Å²) in [5.41, 5.74) is 1.03. The van der Waals surface area contributed by atoms with Crippen LogP contribution in [0.15, 0.2) is 18.2 Å². The molecule has 1 aromatic carbocycles. The van der Waals surface area contributed by atoms with Crippen molar-refractivity contribution in [2.45, 2.75) is 19.9 Å². The van der Waals surface area contributed by atoms with E-state index >= 15 is 0 Å². The average Bonchev–Trinajstić information content (AvgIpc) is 2.83. The van der Waals surface area contributed by atoms with Gasteiger partial charge in [0.2, 0.25) is 12.7 Å². The molecule has 1 amide bonds. The molecule has 3 rings (SSSR count). The second kappa shape index (κ2) is 6.54. The molecule has 2 aliphatic heterocycles. The Hall–Kier alpha value is -1.46. The molecule has 0 radical (unpaired) electrons. The Morgan fingerprint density at radius 1 is 1.29 bits per heavy atom. The van der Waals surface area contributed by atoms with Gasteiger partial charge in [0.1, 0.15) is 0 Å². The van der Waals surface area contributed by atoms with E-state index in [0.29, 0.717) is 5.92 Å². The quantitative estimate of drug-likeness (QED) is 0.891. The number of halogens is 1. The molecule has 2 N–H and O–H groups in total. The van der Waals surface area contributed by atoms with E-state index in [1.54, 1.807) is 0 Å². The average molecular weight is 313 g/mol. The number of fused-ring (bicyclic) bond motifs is 1. The molecule has 116 valence electrons. The third kappa shape index (κ3) is 3.24. The molecular formula is C15H21ClN2O3. The summed E-state index contributed by atoms with van der Waals surface area (Å²) in [6.07, 6.45) is 0. The summed E-state index contributed by atoms with van der Waals surface area (Å²) in [7, 11) is 0. The Labute approximate surface area is 130 Å². The maximum Gasteiger partial charge on any atom is 0.231 e. The summed E-state index contributed by atoms with van der Waals surface area (Å²) in [5, 5.41) is 6.27. The Kier molecular flexibility index (Phi) is 4.96. The van der Waals surface area contributed by atoms with Crippen molar-refractivity contribution in [2.24, 2.45) is 11.8 Å². The third-order valence-corrected chi connectivity index (χ3v) is 4.19. The summed E-state index contributed by atoms with van der Waals surface area (Å²) in [6, 6.07) is 5.75. The van der Waals surface area contributed by atoms with Crippen molar-refractivity contribution in [3.8, 4) is 11.5 Å². The lowest BCUT2D eigenvalue weighted by Crippen LogP contribution is -2.49. The molecule has 5 nitrogen and oxygen atoms in total. The standard InChI is InChI=1S/C15H20N2O3.ClH/c1-9(12-6-16-7-12)15(18)17-10(2)11-3-4-13-14(5-11)20-8-19-13;/h3-5,9-10,12,16H,6-8H2,1-2H3,(H,17,18);1H. The fraction of sp³-hybridized carbons (Fsp3) is 0.533. The van der Waals surface area contributed by atoms with E-state index in [1.165, 1.54) is 0 Å². The van der Waals surface area contributed by atoms with Gasteiger partial charge in [-0.1, -0.05) is 13.0 Å². The normalized spacial score (nSPS) is 19.1. The molecule has 0 bridgehead atoms. The summed E-state index contributed by atoms with van der Waals surface area (Å²) < 4.78 is 10.7. The van der Waals surface area contributed by atoms with Crippen LogP contribution in [0.3, 0.4) is 0 Å². The topological polar surface area (TPSA) is 59.6 Å². The molecule has 1 fully saturated rings. The number of benzene rings is 1. The number of hydrogen-bond donors (Lipinski definition) is 2. The van der Waals surface area contributed by atoms with Crippen molar-refractivity contribution < 1.29 is 14.3 Å². The van der Waals surface area contributed by atoms with Gasteiger partial charge in [0.15, 0.2) is 11.5 Å². The van der Waals surface area contributed by atoms with Crippen molar-refractivity contribution in [3.63, 3.8) is 0 Å². The highest BCUT2D eigenvalue weighted by Crippen LogP contribution is 2.34. The van der Waals surface area contributed by atoms with Crippen LogP contribution in [0.5, 0.6) is 11.5 Å². The largest absolute Gasteiger partial charge is 0.454 e. The second-order valence-electron chi connectivity index (χ2n) is 5.55. The molecule has 2 atom stereocenters. The number of carbonyl (C=O) groups is 1. The highest BCUT2D eigenvalue weighted by Gasteiger charge is 2.29. The van der Waals surface area contributed by atoms with Crippen LogP contribution < -0.4 is 20.1 Å². The smallest absolute Gasteiger partial charge is 0.231 e. The summed E-state index contributed by atoms with van der Waals surface area (Å²) in [6.45, 7) is 6.12. The van der Waals surface area contributed by atoms with Crippen molar-refractivity contribution in [1.82, 2.24) is 10.6 Å². The predicted octanol–water partition coefficient (Wildman–Crippen LogP) is 1.87. The minimum atomic E-state index is -0.0347. The number of amides is 1. The molecule has 2 heterocycles. The molecule has 2 aliphatic rings. The van der Waals surface area contributed by atoms with Crippen LogP contribution >= 0.6 is 12.4 Å². The SMILES string of the molecule is CC(NC(=O)C(C)C1CNC1)c1ccc2c(c1)OCO2.Cl. The van der Waals surface area contributed by atoms with Gasteiger partial charge in [-0.25, -0.2) is 0 Å². The number of carbonyl (C=O) groups excluding carboxylic acids is 1. The molecule has 0 aromatic heterocycles. The van der Waals surface area contributed by atoms with Gasteiger partial charge in [0.25, 0.3) is 0 Å². The van der Waals surface area contributed by atoms with E-state index in [2.05, 4.69) is 10.6 Å². The number of rotatable bonds is 4. The summed E-state index contributed by atoms with van der Waals surface area (Å²) in [4.78, 5) is 12.2. The molecule has 21 heavy (non-hydrogen) atoms. The van der Waals surface area contributed by atoms with E-state index in [-0.39, 0.29) is 37.1 Å². The van der Waals surface area contributed by atoms with Crippen LogP contribution in [0, 0.1) is 11.8 Å². The van der Waals surface area contributed by atoms with Crippen LogP contribution in [-0.2, 0) is 4.79 Å². The molecule has 1 saturated heterocycles. The minimum absolute atomic E-state index is 0. The first kappa shape index (κ1) is 15.9. The molecule has 2 unspecified atom stereocenters. The van der Waals surface area contributed by atoms with Crippen molar-refractivity contribution in [1.29, 1.82) is 0 Å². The van der Waals surface area contributed by atoms with E-state index in [9.17, 15) is 4.79 Å². The predicted molar refractivity (Wildman–Crippen MR) is 81.9 cm³/mol. The molecule has 0 aliphatic carbocycles. The van der Waals surface area contributed by atoms with Gasteiger partial charge < -0.3 is 20.1 Å². The number of ether oxygens (including phenoxy) is 2. The summed E-state index contributed by atoms with van der Waals surface area (Å²) >= 11 is 0. The maximum atomic E-state index is 12.2. The second-order valence-corrected chi connectivity index (χ2v) is 5.55. The van der Waals surface area contributed by atoms with Gasteiger partial charge in [-0.2, -0.15) is 0 Å². The summed E-state index contributed by atoms with van der Waals surface area (Å²) in [5.74, 6) is 2.13. The van der Waals surface area contributed by atoms with E-state index in [0.717, 1.165) is 30.2 Å². The van der Waals surface area contributed by atoms with E-state index in [4.69, 9.17) is 9.47 Å². The Morgan fingerprint density at radius 2 is 2.00 bits per heavy atom. The fourth-order valence-electron chi connectivity index (χ4n) is 2.49. The highest BCUT2D eigenvalue weighted by molar-refractivity contribution is 5.85. The van der Waals surface area contributed by atoms with Crippen LogP contribution in [0.1, 0.15) is 25.5 Å². The monoisotopic (exact) mass is 312 g/mol. The molecule has 0 spiro atoms. The van der Waals surface area contributed by atoms with Crippen molar-refractivity contribution >= 4 is 18.3 Å². The van der Waals surface area contributed by atoms with Gasteiger partial charge in [-0.05, 0) is 43.6 Å². The zero-order valence-electron chi connectivity index (χ0n) is 12.2. The van der Waals surface area contributed by atoms with Gasteiger partial charge in [0, 0.05) is 5.92 Å². The van der Waals surface area contributed by atoms with Gasteiger partial charge in [-0.15, -0.1) is 12.4 Å². The Morgan fingerprint density at radius 3 is 2.67 bits per heavy atom.